The Morgan fingerprint density at radius 2 is 2.25 bits per heavy atom. The first-order chi connectivity index (χ1) is 7.56. The number of carbonyl (C=O) groups excluding carboxylic acids is 1. The Balaban J connectivity index is 2.80. The summed E-state index contributed by atoms with van der Waals surface area (Å²) in [6.45, 7) is 2.30. The Hall–Kier alpha value is -0.940. The minimum atomic E-state index is -0.444. The summed E-state index contributed by atoms with van der Waals surface area (Å²) in [7, 11) is 0. The molecule has 1 aromatic carbocycles. The first-order valence-corrected chi connectivity index (χ1v) is 5.83. The third kappa shape index (κ3) is 3.57. The van der Waals surface area contributed by atoms with Gasteiger partial charge in [0.15, 0.2) is 0 Å². The number of rotatable bonds is 4. The standard InChI is InChI=1S/C11H14BrFN2O/c1-2-10(6-14)15-11(16)7-3-8(12)5-9(13)4-7/h3-5,10H,2,6,14H2,1H3,(H,15,16). The van der Waals surface area contributed by atoms with E-state index >= 15 is 0 Å². The lowest BCUT2D eigenvalue weighted by atomic mass is 10.1. The number of hydrogen-bond donors (Lipinski definition) is 2. The first kappa shape index (κ1) is 13.1. The molecule has 1 unspecified atom stereocenters. The van der Waals surface area contributed by atoms with E-state index in [2.05, 4.69) is 21.2 Å². The minimum absolute atomic E-state index is 0.0745. The molecule has 88 valence electrons. The lowest BCUT2D eigenvalue weighted by molar-refractivity contribution is 0.0936. The van der Waals surface area contributed by atoms with Crippen molar-refractivity contribution in [2.45, 2.75) is 19.4 Å². The second kappa shape index (κ2) is 5.96. The van der Waals surface area contributed by atoms with E-state index < -0.39 is 5.82 Å². The lowest BCUT2D eigenvalue weighted by Gasteiger charge is -2.14. The van der Waals surface area contributed by atoms with Crippen LogP contribution in [0.5, 0.6) is 0 Å². The molecule has 0 saturated carbocycles. The van der Waals surface area contributed by atoms with Crippen LogP contribution in [0.2, 0.25) is 0 Å². The van der Waals surface area contributed by atoms with Gasteiger partial charge in [-0.05, 0) is 24.6 Å². The first-order valence-electron chi connectivity index (χ1n) is 5.03. The second-order valence-corrected chi connectivity index (χ2v) is 4.39. The Bertz CT molecular complexity index is 360. The summed E-state index contributed by atoms with van der Waals surface area (Å²) in [4.78, 5) is 11.7. The monoisotopic (exact) mass is 288 g/mol. The Morgan fingerprint density at radius 1 is 1.56 bits per heavy atom. The van der Waals surface area contributed by atoms with Crippen molar-refractivity contribution in [1.29, 1.82) is 0 Å². The van der Waals surface area contributed by atoms with Crippen molar-refractivity contribution >= 4 is 21.8 Å². The third-order valence-electron chi connectivity index (χ3n) is 2.24. The number of carbonyl (C=O) groups is 1. The van der Waals surface area contributed by atoms with Gasteiger partial charge in [-0.2, -0.15) is 0 Å². The molecule has 0 aliphatic carbocycles. The van der Waals surface area contributed by atoms with Crippen LogP contribution in [0.1, 0.15) is 23.7 Å². The Labute approximate surface area is 102 Å². The van der Waals surface area contributed by atoms with Gasteiger partial charge in [0.05, 0.1) is 0 Å². The highest BCUT2D eigenvalue weighted by Crippen LogP contribution is 2.14. The molecule has 0 fully saturated rings. The van der Waals surface area contributed by atoms with Gasteiger partial charge in [0.1, 0.15) is 5.82 Å². The molecule has 0 aliphatic heterocycles. The molecule has 0 bridgehead atoms. The van der Waals surface area contributed by atoms with Crippen LogP contribution in [0.15, 0.2) is 22.7 Å². The maximum absolute atomic E-state index is 13.1. The highest BCUT2D eigenvalue weighted by atomic mass is 79.9. The highest BCUT2D eigenvalue weighted by molar-refractivity contribution is 9.10. The van der Waals surface area contributed by atoms with E-state index in [4.69, 9.17) is 5.73 Å². The molecule has 0 radical (unpaired) electrons. The highest BCUT2D eigenvalue weighted by Gasteiger charge is 2.12. The van der Waals surface area contributed by atoms with E-state index in [1.54, 1.807) is 6.07 Å². The zero-order valence-corrected chi connectivity index (χ0v) is 10.6. The van der Waals surface area contributed by atoms with Crippen LogP contribution in [0.4, 0.5) is 4.39 Å². The van der Waals surface area contributed by atoms with Crippen molar-refractivity contribution < 1.29 is 9.18 Å². The van der Waals surface area contributed by atoms with Crippen molar-refractivity contribution in [1.82, 2.24) is 5.32 Å². The van der Waals surface area contributed by atoms with Crippen molar-refractivity contribution in [3.8, 4) is 0 Å². The van der Waals surface area contributed by atoms with Gasteiger partial charge in [0, 0.05) is 22.6 Å². The number of amides is 1. The molecule has 3 N–H and O–H groups in total. The number of nitrogens with one attached hydrogen (secondary N) is 1. The second-order valence-electron chi connectivity index (χ2n) is 3.47. The van der Waals surface area contributed by atoms with Crippen LogP contribution in [0.3, 0.4) is 0 Å². The maximum Gasteiger partial charge on any atom is 0.251 e. The van der Waals surface area contributed by atoms with E-state index in [1.165, 1.54) is 12.1 Å². The van der Waals surface area contributed by atoms with Gasteiger partial charge in [-0.25, -0.2) is 4.39 Å². The number of benzene rings is 1. The number of hydrogen-bond acceptors (Lipinski definition) is 2. The van der Waals surface area contributed by atoms with E-state index in [9.17, 15) is 9.18 Å². The summed E-state index contributed by atoms with van der Waals surface area (Å²) in [5.41, 5.74) is 5.76. The number of nitrogens with two attached hydrogens (primary N) is 1. The fraction of sp³-hybridized carbons (Fsp3) is 0.364. The van der Waals surface area contributed by atoms with Gasteiger partial charge >= 0.3 is 0 Å². The molecule has 0 spiro atoms. The predicted molar refractivity (Wildman–Crippen MR) is 64.7 cm³/mol. The van der Waals surface area contributed by atoms with E-state index in [0.717, 1.165) is 6.42 Å². The fourth-order valence-electron chi connectivity index (χ4n) is 1.28. The van der Waals surface area contributed by atoms with Gasteiger partial charge in [0.2, 0.25) is 0 Å². The fourth-order valence-corrected chi connectivity index (χ4v) is 1.75. The topological polar surface area (TPSA) is 55.1 Å². The van der Waals surface area contributed by atoms with Crippen molar-refractivity contribution in [2.75, 3.05) is 6.54 Å². The quantitative estimate of drug-likeness (QED) is 0.891. The molecule has 0 heterocycles. The molecule has 5 heteroatoms. The lowest BCUT2D eigenvalue weighted by Crippen LogP contribution is -2.39. The summed E-state index contributed by atoms with van der Waals surface area (Å²) in [5.74, 6) is -0.752. The van der Waals surface area contributed by atoms with Gasteiger partial charge in [-0.15, -0.1) is 0 Å². The molecule has 1 amide bonds. The molecule has 3 nitrogen and oxygen atoms in total. The van der Waals surface area contributed by atoms with Crippen LogP contribution < -0.4 is 11.1 Å². The molecule has 0 aliphatic rings. The van der Waals surface area contributed by atoms with Crippen LogP contribution in [0, 0.1) is 5.82 Å². The van der Waals surface area contributed by atoms with E-state index in [-0.39, 0.29) is 11.9 Å². The molecular formula is C11H14BrFN2O. The Kier molecular flexibility index (Phi) is 4.89. The van der Waals surface area contributed by atoms with Gasteiger partial charge in [-0.1, -0.05) is 22.9 Å². The molecule has 0 aromatic heterocycles. The smallest absolute Gasteiger partial charge is 0.251 e. The average Bonchev–Trinajstić information content (AvgIpc) is 2.24. The number of halogens is 2. The van der Waals surface area contributed by atoms with Crippen LogP contribution in [-0.4, -0.2) is 18.5 Å². The van der Waals surface area contributed by atoms with Crippen molar-refractivity contribution in [3.05, 3.63) is 34.1 Å². The molecule has 0 saturated heterocycles. The van der Waals surface area contributed by atoms with E-state index in [1.807, 2.05) is 6.92 Å². The largest absolute Gasteiger partial charge is 0.348 e. The molecule has 16 heavy (non-hydrogen) atoms. The Morgan fingerprint density at radius 3 is 2.75 bits per heavy atom. The zero-order chi connectivity index (χ0) is 12.1. The van der Waals surface area contributed by atoms with E-state index in [0.29, 0.717) is 16.6 Å². The predicted octanol–water partition coefficient (Wildman–Crippen LogP) is 2.06. The third-order valence-corrected chi connectivity index (χ3v) is 2.70. The van der Waals surface area contributed by atoms with Crippen LogP contribution >= 0.6 is 15.9 Å². The van der Waals surface area contributed by atoms with Crippen molar-refractivity contribution in [2.24, 2.45) is 5.73 Å². The summed E-state index contributed by atoms with van der Waals surface area (Å²) < 4.78 is 13.6. The van der Waals surface area contributed by atoms with Gasteiger partial charge in [-0.3, -0.25) is 4.79 Å². The average molecular weight is 289 g/mol. The van der Waals surface area contributed by atoms with Crippen LogP contribution in [-0.2, 0) is 0 Å². The summed E-state index contributed by atoms with van der Waals surface area (Å²) in [6, 6.07) is 4.00. The van der Waals surface area contributed by atoms with Crippen LogP contribution in [0.25, 0.3) is 0 Å². The zero-order valence-electron chi connectivity index (χ0n) is 8.97. The maximum atomic E-state index is 13.1. The summed E-state index contributed by atoms with van der Waals surface area (Å²) >= 11 is 3.14. The van der Waals surface area contributed by atoms with Gasteiger partial charge < -0.3 is 11.1 Å². The molecular weight excluding hydrogens is 275 g/mol. The molecule has 1 rings (SSSR count). The van der Waals surface area contributed by atoms with Crippen molar-refractivity contribution in [3.63, 3.8) is 0 Å². The summed E-state index contributed by atoms with van der Waals surface area (Å²) in [5, 5.41) is 2.74. The molecule has 1 atom stereocenters. The minimum Gasteiger partial charge on any atom is -0.348 e. The SMILES string of the molecule is CCC(CN)NC(=O)c1cc(F)cc(Br)c1. The summed E-state index contributed by atoms with van der Waals surface area (Å²) in [6.07, 6.45) is 0.749. The van der Waals surface area contributed by atoms with Gasteiger partial charge in [0.25, 0.3) is 5.91 Å². The normalized spacial score (nSPS) is 12.2. The molecule has 1 aromatic rings.